The summed E-state index contributed by atoms with van der Waals surface area (Å²) in [5, 5.41) is 12.6. The highest BCUT2D eigenvalue weighted by atomic mass is 35.5. The monoisotopic (exact) mass is 340 g/mol. The number of aliphatic hydroxyl groups excluding tert-OH is 1. The van der Waals surface area contributed by atoms with Crippen LogP contribution in [0, 0.1) is 5.92 Å². The molecule has 0 saturated heterocycles. The van der Waals surface area contributed by atoms with E-state index in [0.29, 0.717) is 29.0 Å². The van der Waals surface area contributed by atoms with Crippen LogP contribution in [-0.2, 0) is 0 Å². The summed E-state index contributed by atoms with van der Waals surface area (Å²) in [5.41, 5.74) is 0.584. The van der Waals surface area contributed by atoms with E-state index in [4.69, 9.17) is 16.3 Å². The smallest absolute Gasteiger partial charge is 0.321 e. The van der Waals surface area contributed by atoms with Gasteiger partial charge in [-0.15, -0.1) is 0 Å². The van der Waals surface area contributed by atoms with Crippen molar-refractivity contribution in [2.45, 2.75) is 38.6 Å². The van der Waals surface area contributed by atoms with Crippen LogP contribution in [0.25, 0.3) is 0 Å². The number of urea groups is 1. The molecule has 5 nitrogen and oxygen atoms in total. The molecule has 1 saturated carbocycles. The molecule has 0 heterocycles. The number of nitrogens with one attached hydrogen (secondary N) is 1. The van der Waals surface area contributed by atoms with E-state index >= 15 is 0 Å². The highest BCUT2D eigenvalue weighted by Gasteiger charge is 2.26. The number of halogens is 1. The first-order chi connectivity index (χ1) is 11.1. The van der Waals surface area contributed by atoms with Crippen LogP contribution in [0.3, 0.4) is 0 Å². The predicted molar refractivity (Wildman–Crippen MR) is 92.2 cm³/mol. The molecule has 1 aromatic carbocycles. The van der Waals surface area contributed by atoms with Crippen LogP contribution in [-0.4, -0.2) is 42.3 Å². The molecule has 1 fully saturated rings. The summed E-state index contributed by atoms with van der Waals surface area (Å²) in [6, 6.07) is 5.34. The Bertz CT molecular complexity index is 531. The first-order valence-electron chi connectivity index (χ1n) is 8.12. The summed E-state index contributed by atoms with van der Waals surface area (Å²) in [6.45, 7) is 2.59. The van der Waals surface area contributed by atoms with E-state index in [1.165, 1.54) is 0 Å². The lowest BCUT2D eigenvalue weighted by molar-refractivity contribution is 0.139. The van der Waals surface area contributed by atoms with Crippen LogP contribution in [0.15, 0.2) is 18.2 Å². The number of carbonyl (C=O) groups is 1. The summed E-state index contributed by atoms with van der Waals surface area (Å²) < 4.78 is 5.53. The third kappa shape index (κ3) is 4.52. The Labute approximate surface area is 142 Å². The minimum absolute atomic E-state index is 0.166. The van der Waals surface area contributed by atoms with Gasteiger partial charge in [0.1, 0.15) is 0 Å². The first-order valence-corrected chi connectivity index (χ1v) is 8.50. The minimum Gasteiger partial charge on any atom is -0.490 e. The van der Waals surface area contributed by atoms with Gasteiger partial charge in [0.25, 0.3) is 0 Å². The van der Waals surface area contributed by atoms with Crippen LogP contribution in [0.5, 0.6) is 5.75 Å². The summed E-state index contributed by atoms with van der Waals surface area (Å²) in [5.74, 6) is 0.877. The van der Waals surface area contributed by atoms with Gasteiger partial charge in [-0.3, -0.25) is 0 Å². The van der Waals surface area contributed by atoms with Gasteiger partial charge in [-0.05, 0) is 50.7 Å². The number of benzene rings is 1. The fraction of sp³-hybridized carbons (Fsp3) is 0.588. The van der Waals surface area contributed by atoms with Gasteiger partial charge in [-0.1, -0.05) is 17.7 Å². The van der Waals surface area contributed by atoms with Gasteiger partial charge in [0.2, 0.25) is 0 Å². The van der Waals surface area contributed by atoms with Crippen LogP contribution < -0.4 is 10.1 Å². The van der Waals surface area contributed by atoms with E-state index in [-0.39, 0.29) is 18.7 Å². The maximum atomic E-state index is 12.5. The van der Waals surface area contributed by atoms with Crippen molar-refractivity contribution in [1.29, 1.82) is 0 Å². The number of carbonyl (C=O) groups excluding carboxylic acids is 1. The molecule has 0 atom stereocenters. The number of anilines is 1. The molecule has 2 rings (SSSR count). The zero-order chi connectivity index (χ0) is 16.8. The lowest BCUT2D eigenvalue weighted by Gasteiger charge is -2.34. The SMILES string of the molecule is CCOc1c(Cl)cccc1NC(=O)N(C)C1CCC(CO)CC1. The second-order valence-electron chi connectivity index (χ2n) is 5.95. The quantitative estimate of drug-likeness (QED) is 0.858. The van der Waals surface area contributed by atoms with E-state index in [0.717, 1.165) is 25.7 Å². The van der Waals surface area contributed by atoms with Crippen LogP contribution in [0.2, 0.25) is 5.02 Å². The Balaban J connectivity index is 2.00. The van der Waals surface area contributed by atoms with Gasteiger partial charge >= 0.3 is 6.03 Å². The third-order valence-electron chi connectivity index (χ3n) is 4.44. The molecule has 0 radical (unpaired) electrons. The average Bonchev–Trinajstić information content (AvgIpc) is 2.57. The topological polar surface area (TPSA) is 61.8 Å². The van der Waals surface area contributed by atoms with Crippen molar-refractivity contribution in [3.8, 4) is 5.75 Å². The summed E-state index contributed by atoms with van der Waals surface area (Å²) in [4.78, 5) is 14.2. The van der Waals surface area contributed by atoms with Crippen LogP contribution >= 0.6 is 11.6 Å². The van der Waals surface area contributed by atoms with E-state index in [1.807, 2.05) is 14.0 Å². The second-order valence-corrected chi connectivity index (χ2v) is 6.35. The number of ether oxygens (including phenoxy) is 1. The summed E-state index contributed by atoms with van der Waals surface area (Å²) in [6.07, 6.45) is 3.76. The Hall–Kier alpha value is -1.46. The molecule has 2 N–H and O–H groups in total. The number of hydrogen-bond donors (Lipinski definition) is 2. The fourth-order valence-corrected chi connectivity index (χ4v) is 3.21. The van der Waals surface area contributed by atoms with Gasteiger partial charge in [0.05, 0.1) is 17.3 Å². The van der Waals surface area contributed by atoms with Crippen molar-refractivity contribution in [2.75, 3.05) is 25.6 Å². The van der Waals surface area contributed by atoms with Crippen molar-refractivity contribution in [3.63, 3.8) is 0 Å². The van der Waals surface area contributed by atoms with Gasteiger partial charge < -0.3 is 20.1 Å². The van der Waals surface area contributed by atoms with E-state index in [1.54, 1.807) is 23.1 Å². The van der Waals surface area contributed by atoms with Crippen LogP contribution in [0.1, 0.15) is 32.6 Å². The Morgan fingerprint density at radius 2 is 2.09 bits per heavy atom. The minimum atomic E-state index is -0.166. The number of hydrogen-bond acceptors (Lipinski definition) is 3. The molecule has 0 aliphatic heterocycles. The number of aliphatic hydroxyl groups is 1. The molecule has 23 heavy (non-hydrogen) atoms. The normalized spacial score (nSPS) is 20.9. The predicted octanol–water partition coefficient (Wildman–Crippen LogP) is 3.75. The molecule has 1 aliphatic carbocycles. The van der Waals surface area contributed by atoms with E-state index in [2.05, 4.69) is 5.32 Å². The lowest BCUT2D eigenvalue weighted by atomic mass is 9.86. The van der Waals surface area contributed by atoms with E-state index < -0.39 is 0 Å². The summed E-state index contributed by atoms with van der Waals surface area (Å²) in [7, 11) is 1.81. The molecule has 6 heteroatoms. The standard InChI is InChI=1S/C17H25ClN2O3/c1-3-23-16-14(18)5-4-6-15(16)19-17(22)20(2)13-9-7-12(11-21)8-10-13/h4-6,12-13,21H,3,7-11H2,1-2H3,(H,19,22). The first kappa shape index (κ1) is 17.9. The number of amides is 2. The largest absolute Gasteiger partial charge is 0.490 e. The molecule has 0 aromatic heterocycles. The van der Waals surface area contributed by atoms with Crippen molar-refractivity contribution in [1.82, 2.24) is 4.90 Å². The maximum Gasteiger partial charge on any atom is 0.321 e. The van der Waals surface area contributed by atoms with Crippen molar-refractivity contribution >= 4 is 23.3 Å². The molecule has 1 aromatic rings. The van der Waals surface area contributed by atoms with Crippen molar-refractivity contribution < 1.29 is 14.6 Å². The maximum absolute atomic E-state index is 12.5. The molecule has 2 amide bonds. The number of nitrogens with zero attached hydrogens (tertiary/aromatic N) is 1. The molecule has 0 unspecified atom stereocenters. The Morgan fingerprint density at radius 1 is 1.39 bits per heavy atom. The molecule has 0 bridgehead atoms. The third-order valence-corrected chi connectivity index (χ3v) is 4.74. The number of rotatable bonds is 5. The van der Waals surface area contributed by atoms with Gasteiger partial charge in [-0.2, -0.15) is 0 Å². The second kappa shape index (κ2) is 8.41. The molecule has 1 aliphatic rings. The number of para-hydroxylation sites is 1. The van der Waals surface area contributed by atoms with Crippen molar-refractivity contribution in [2.24, 2.45) is 5.92 Å². The van der Waals surface area contributed by atoms with Gasteiger partial charge in [-0.25, -0.2) is 4.79 Å². The fourth-order valence-electron chi connectivity index (χ4n) is 2.98. The Morgan fingerprint density at radius 3 is 2.70 bits per heavy atom. The van der Waals surface area contributed by atoms with Crippen LogP contribution in [0.4, 0.5) is 10.5 Å². The van der Waals surface area contributed by atoms with E-state index in [9.17, 15) is 9.90 Å². The molecular formula is C17H25ClN2O3. The lowest BCUT2D eigenvalue weighted by Crippen LogP contribution is -2.42. The average molecular weight is 341 g/mol. The van der Waals surface area contributed by atoms with Gasteiger partial charge in [0, 0.05) is 19.7 Å². The Kier molecular flexibility index (Phi) is 6.54. The highest BCUT2D eigenvalue weighted by Crippen LogP contribution is 2.33. The zero-order valence-electron chi connectivity index (χ0n) is 13.7. The van der Waals surface area contributed by atoms with Crippen molar-refractivity contribution in [3.05, 3.63) is 23.2 Å². The molecular weight excluding hydrogens is 316 g/mol. The molecule has 0 spiro atoms. The summed E-state index contributed by atoms with van der Waals surface area (Å²) >= 11 is 6.14. The highest BCUT2D eigenvalue weighted by molar-refractivity contribution is 6.32. The zero-order valence-corrected chi connectivity index (χ0v) is 14.5. The molecule has 128 valence electrons. The van der Waals surface area contributed by atoms with Gasteiger partial charge in [0.15, 0.2) is 5.75 Å².